The highest BCUT2D eigenvalue weighted by atomic mass is 16.5. The van der Waals surface area contributed by atoms with Crippen molar-refractivity contribution in [3.63, 3.8) is 0 Å². The van der Waals surface area contributed by atoms with E-state index in [4.69, 9.17) is 14.8 Å². The number of rotatable bonds is 6. The van der Waals surface area contributed by atoms with Gasteiger partial charge in [-0.15, -0.1) is 0 Å². The minimum Gasteiger partial charge on any atom is -0.457 e. The average Bonchev–Trinajstić information content (AvgIpc) is 3.66. The fourth-order valence-electron chi connectivity index (χ4n) is 6.76. The molecular weight excluding hydrogens is 564 g/mol. The van der Waals surface area contributed by atoms with Gasteiger partial charge in [0.05, 0.1) is 22.9 Å². The average molecular weight is 605 g/mol. The molecule has 0 atom stereocenters. The third kappa shape index (κ3) is 4.96. The number of pyridine rings is 1. The summed E-state index contributed by atoms with van der Waals surface area (Å²) in [5.74, 6) is 2.86. The van der Waals surface area contributed by atoms with Crippen molar-refractivity contribution in [1.29, 1.82) is 0 Å². The van der Waals surface area contributed by atoms with Crippen molar-refractivity contribution in [3.8, 4) is 34.1 Å². The SMILES string of the molecule is Cc1cc(Oc2ccc3c4ccccc4n(-c4cc(C(C)C)ccn4)c3c2)cc(-n2cc(-c3c(C)c(C)c(C)c(C)c3C)cn2)c1. The number of para-hydroxylation sites is 1. The van der Waals surface area contributed by atoms with Gasteiger partial charge >= 0.3 is 0 Å². The molecule has 0 aliphatic heterocycles. The number of hydrogen-bond donors (Lipinski definition) is 0. The van der Waals surface area contributed by atoms with E-state index in [0.29, 0.717) is 5.92 Å². The predicted molar refractivity (Wildman–Crippen MR) is 190 cm³/mol. The van der Waals surface area contributed by atoms with Crippen LogP contribution in [0.2, 0.25) is 0 Å². The third-order valence-corrected chi connectivity index (χ3v) is 9.72. The first-order chi connectivity index (χ1) is 22.1. The Morgan fingerprint density at radius 1 is 0.674 bits per heavy atom. The summed E-state index contributed by atoms with van der Waals surface area (Å²) in [6, 6.07) is 25.4. The molecule has 0 saturated carbocycles. The molecule has 0 unspecified atom stereocenters. The molecule has 230 valence electrons. The summed E-state index contributed by atoms with van der Waals surface area (Å²) in [7, 11) is 0. The number of nitrogens with zero attached hydrogens (tertiary/aromatic N) is 4. The van der Waals surface area contributed by atoms with Crippen LogP contribution in [-0.2, 0) is 0 Å². The van der Waals surface area contributed by atoms with Crippen LogP contribution in [0.4, 0.5) is 0 Å². The molecule has 7 rings (SSSR count). The van der Waals surface area contributed by atoms with Crippen molar-refractivity contribution in [3.05, 3.63) is 130 Å². The van der Waals surface area contributed by atoms with E-state index in [-0.39, 0.29) is 0 Å². The molecule has 7 aromatic rings. The van der Waals surface area contributed by atoms with Crippen LogP contribution in [0.1, 0.15) is 58.7 Å². The summed E-state index contributed by atoms with van der Waals surface area (Å²) in [6.45, 7) is 17.6. The molecule has 0 bridgehead atoms. The fourth-order valence-corrected chi connectivity index (χ4v) is 6.76. The van der Waals surface area contributed by atoms with Gasteiger partial charge in [0.25, 0.3) is 0 Å². The van der Waals surface area contributed by atoms with E-state index in [1.165, 1.54) is 49.7 Å². The van der Waals surface area contributed by atoms with Gasteiger partial charge in [-0.3, -0.25) is 4.57 Å². The Kier molecular flexibility index (Phi) is 7.28. The summed E-state index contributed by atoms with van der Waals surface area (Å²) in [4.78, 5) is 4.80. The van der Waals surface area contributed by atoms with Crippen LogP contribution >= 0.6 is 0 Å². The van der Waals surface area contributed by atoms with Gasteiger partial charge in [-0.1, -0.05) is 32.0 Å². The maximum absolute atomic E-state index is 6.58. The number of hydrogen-bond acceptors (Lipinski definition) is 3. The Morgan fingerprint density at radius 3 is 2.15 bits per heavy atom. The van der Waals surface area contributed by atoms with E-state index in [1.54, 1.807) is 0 Å². The second kappa shape index (κ2) is 11.3. The summed E-state index contributed by atoms with van der Waals surface area (Å²) < 4.78 is 10.8. The van der Waals surface area contributed by atoms with Crippen LogP contribution in [0.25, 0.3) is 44.4 Å². The van der Waals surface area contributed by atoms with Gasteiger partial charge in [-0.2, -0.15) is 5.10 Å². The lowest BCUT2D eigenvalue weighted by molar-refractivity contribution is 0.482. The van der Waals surface area contributed by atoms with Crippen LogP contribution < -0.4 is 4.74 Å². The van der Waals surface area contributed by atoms with Crippen LogP contribution in [0.15, 0.2) is 91.4 Å². The van der Waals surface area contributed by atoms with Crippen molar-refractivity contribution in [2.75, 3.05) is 0 Å². The highest BCUT2D eigenvalue weighted by Gasteiger charge is 2.17. The first-order valence-corrected chi connectivity index (χ1v) is 16.0. The molecule has 0 N–H and O–H groups in total. The Hall–Kier alpha value is -5.16. The summed E-state index contributed by atoms with van der Waals surface area (Å²) >= 11 is 0. The van der Waals surface area contributed by atoms with E-state index in [0.717, 1.165) is 45.2 Å². The Bertz CT molecular complexity index is 2260. The van der Waals surface area contributed by atoms with Crippen LogP contribution in [0.3, 0.4) is 0 Å². The highest BCUT2D eigenvalue weighted by Crippen LogP contribution is 2.37. The van der Waals surface area contributed by atoms with Crippen molar-refractivity contribution in [2.45, 2.75) is 61.3 Å². The molecule has 0 fully saturated rings. The van der Waals surface area contributed by atoms with Gasteiger partial charge in [-0.25, -0.2) is 9.67 Å². The maximum Gasteiger partial charge on any atom is 0.137 e. The van der Waals surface area contributed by atoms with Crippen molar-refractivity contribution in [1.82, 2.24) is 19.3 Å². The van der Waals surface area contributed by atoms with E-state index < -0.39 is 0 Å². The largest absolute Gasteiger partial charge is 0.457 e. The van der Waals surface area contributed by atoms with E-state index in [9.17, 15) is 0 Å². The van der Waals surface area contributed by atoms with Crippen molar-refractivity contribution >= 4 is 21.8 Å². The third-order valence-electron chi connectivity index (χ3n) is 9.72. The van der Waals surface area contributed by atoms with Crippen LogP contribution in [-0.4, -0.2) is 19.3 Å². The highest BCUT2D eigenvalue weighted by molar-refractivity contribution is 6.09. The molecule has 4 aromatic carbocycles. The van der Waals surface area contributed by atoms with Gasteiger partial charge in [-0.05, 0) is 134 Å². The fraction of sp³-hybridized carbons (Fsp3) is 0.220. The number of benzene rings is 4. The smallest absolute Gasteiger partial charge is 0.137 e. The monoisotopic (exact) mass is 604 g/mol. The van der Waals surface area contributed by atoms with Gasteiger partial charge in [0.1, 0.15) is 17.3 Å². The zero-order chi connectivity index (χ0) is 32.3. The molecule has 0 aliphatic rings. The van der Waals surface area contributed by atoms with Crippen LogP contribution in [0.5, 0.6) is 11.5 Å². The van der Waals surface area contributed by atoms with E-state index in [2.05, 4.69) is 139 Å². The predicted octanol–water partition coefficient (Wildman–Crippen LogP) is 10.8. The topological polar surface area (TPSA) is 44.9 Å². The lowest BCUT2D eigenvalue weighted by Crippen LogP contribution is -2.00. The van der Waals surface area contributed by atoms with Gasteiger partial charge in [0, 0.05) is 40.9 Å². The molecule has 0 amide bonds. The molecule has 0 saturated heterocycles. The van der Waals surface area contributed by atoms with E-state index in [1.807, 2.05) is 17.1 Å². The van der Waals surface area contributed by atoms with Crippen LogP contribution in [0, 0.1) is 41.5 Å². The Labute approximate surface area is 271 Å². The Balaban J connectivity index is 1.28. The molecule has 0 radical (unpaired) electrons. The molecule has 0 aliphatic carbocycles. The summed E-state index contributed by atoms with van der Waals surface area (Å²) in [5, 5.41) is 7.16. The zero-order valence-electron chi connectivity index (χ0n) is 27.9. The summed E-state index contributed by atoms with van der Waals surface area (Å²) in [5.41, 5.74) is 14.6. The zero-order valence-corrected chi connectivity index (χ0v) is 27.9. The lowest BCUT2D eigenvalue weighted by atomic mass is 9.87. The first kappa shape index (κ1) is 29.5. The standard InChI is InChI=1S/C41H40N4O/c1-24(2)31-15-16-42-40(19-31)45-38-12-10-9-11-36(38)37-14-13-34(21-39(37)45)46-35-18-25(3)17-33(20-35)44-23-32(22-43-44)41-29(7)27(5)26(4)28(6)30(41)8/h9-24H,1-8H3. The second-order valence-corrected chi connectivity index (χ2v) is 12.9. The summed E-state index contributed by atoms with van der Waals surface area (Å²) in [6.07, 6.45) is 6.01. The Morgan fingerprint density at radius 2 is 1.39 bits per heavy atom. The number of aryl methyl sites for hydroxylation is 1. The number of ether oxygens (including phenoxy) is 1. The minimum atomic E-state index is 0.410. The molecular formula is C41H40N4O. The van der Waals surface area contributed by atoms with Crippen molar-refractivity contribution in [2.24, 2.45) is 0 Å². The normalized spacial score (nSPS) is 11.7. The number of fused-ring (bicyclic) bond motifs is 3. The molecule has 5 heteroatoms. The molecule has 3 aromatic heterocycles. The molecule has 46 heavy (non-hydrogen) atoms. The van der Waals surface area contributed by atoms with E-state index >= 15 is 0 Å². The van der Waals surface area contributed by atoms with Gasteiger partial charge < -0.3 is 4.74 Å². The molecule has 3 heterocycles. The van der Waals surface area contributed by atoms with Gasteiger partial charge in [0.15, 0.2) is 0 Å². The molecule has 0 spiro atoms. The number of aromatic nitrogens is 4. The maximum atomic E-state index is 6.58. The lowest BCUT2D eigenvalue weighted by Gasteiger charge is -2.17. The minimum absolute atomic E-state index is 0.410. The van der Waals surface area contributed by atoms with Crippen molar-refractivity contribution < 1.29 is 4.74 Å². The first-order valence-electron chi connectivity index (χ1n) is 16.0. The quantitative estimate of drug-likeness (QED) is 0.190. The second-order valence-electron chi connectivity index (χ2n) is 12.9. The van der Waals surface area contributed by atoms with Gasteiger partial charge in [0.2, 0.25) is 0 Å². The molecule has 5 nitrogen and oxygen atoms in total.